The van der Waals surface area contributed by atoms with Crippen LogP contribution in [0.2, 0.25) is 10.0 Å². The van der Waals surface area contributed by atoms with Crippen LogP contribution in [0.5, 0.6) is 5.75 Å². The molecule has 0 saturated heterocycles. The van der Waals surface area contributed by atoms with Gasteiger partial charge >= 0.3 is 0 Å². The fourth-order valence-electron chi connectivity index (χ4n) is 2.33. The highest BCUT2D eigenvalue weighted by molar-refractivity contribution is 7.92. The molecule has 1 aliphatic heterocycles. The zero-order chi connectivity index (χ0) is 19.1. The topological polar surface area (TPSA) is 84.5 Å². The molecule has 6 nitrogen and oxygen atoms in total. The van der Waals surface area contributed by atoms with Gasteiger partial charge in [-0.25, -0.2) is 8.42 Å². The molecule has 2 aromatic carbocycles. The molecule has 0 spiro atoms. The van der Waals surface area contributed by atoms with E-state index in [2.05, 4.69) is 10.0 Å². The van der Waals surface area contributed by atoms with E-state index in [0.29, 0.717) is 11.4 Å². The Bertz CT molecular complexity index is 990. The van der Waals surface area contributed by atoms with E-state index in [1.54, 1.807) is 26.0 Å². The molecule has 1 amide bonds. The molecule has 0 bridgehead atoms. The molecule has 0 aliphatic carbocycles. The number of nitrogens with one attached hydrogen (secondary N) is 2. The van der Waals surface area contributed by atoms with Gasteiger partial charge in [-0.1, -0.05) is 23.2 Å². The van der Waals surface area contributed by atoms with Gasteiger partial charge in [0.25, 0.3) is 10.0 Å². The number of hydrogen-bond donors (Lipinski definition) is 2. The molecule has 138 valence electrons. The normalized spacial score (nSPS) is 16.1. The summed E-state index contributed by atoms with van der Waals surface area (Å²) in [4.78, 5) is 12.1. The predicted molar refractivity (Wildman–Crippen MR) is 102 cm³/mol. The number of rotatable bonds is 3. The summed E-state index contributed by atoms with van der Waals surface area (Å²) in [7, 11) is -3.96. The van der Waals surface area contributed by atoms with Crippen molar-refractivity contribution < 1.29 is 17.9 Å². The summed E-state index contributed by atoms with van der Waals surface area (Å²) in [5, 5.41) is 3.05. The van der Waals surface area contributed by atoms with Crippen LogP contribution in [0.3, 0.4) is 0 Å². The van der Waals surface area contributed by atoms with E-state index in [1.807, 2.05) is 0 Å². The molecule has 2 aromatic rings. The lowest BCUT2D eigenvalue weighted by Gasteiger charge is -2.18. The van der Waals surface area contributed by atoms with E-state index in [9.17, 15) is 13.2 Å². The van der Waals surface area contributed by atoms with Crippen molar-refractivity contribution >= 4 is 50.5 Å². The largest absolute Gasteiger partial charge is 0.490 e. The molecule has 1 heterocycles. The Morgan fingerprint density at radius 2 is 1.88 bits per heavy atom. The van der Waals surface area contributed by atoms with Gasteiger partial charge in [0.05, 0.1) is 21.8 Å². The van der Waals surface area contributed by atoms with Crippen molar-refractivity contribution in [2.75, 3.05) is 16.6 Å². The summed E-state index contributed by atoms with van der Waals surface area (Å²) in [6, 6.07) is 8.80. The molecule has 0 unspecified atom stereocenters. The Morgan fingerprint density at radius 1 is 1.15 bits per heavy atom. The molecule has 0 atom stereocenters. The Kier molecular flexibility index (Phi) is 4.81. The number of ether oxygens (including phenoxy) is 1. The molecular formula is C17H16Cl2N2O4S. The maximum Gasteiger partial charge on any atom is 0.263 e. The molecule has 26 heavy (non-hydrogen) atoms. The average molecular weight is 415 g/mol. The second-order valence-electron chi connectivity index (χ2n) is 6.52. The van der Waals surface area contributed by atoms with Crippen LogP contribution in [0.25, 0.3) is 0 Å². The highest BCUT2D eigenvalue weighted by Crippen LogP contribution is 2.35. The summed E-state index contributed by atoms with van der Waals surface area (Å²) in [6.07, 6.45) is 0. The summed E-state index contributed by atoms with van der Waals surface area (Å²) in [5.41, 5.74) is -0.0612. The number of fused-ring (bicyclic) bond motifs is 1. The second kappa shape index (κ2) is 6.64. The number of amides is 1. The molecule has 0 radical (unpaired) electrons. The lowest BCUT2D eigenvalue weighted by molar-refractivity contribution is -0.124. The molecule has 0 saturated carbocycles. The van der Waals surface area contributed by atoms with Gasteiger partial charge in [0.15, 0.2) is 0 Å². The van der Waals surface area contributed by atoms with Gasteiger partial charge in [0, 0.05) is 5.02 Å². The minimum atomic E-state index is -3.96. The fraction of sp³-hybridized carbons (Fsp3) is 0.235. The van der Waals surface area contributed by atoms with Crippen LogP contribution in [0.4, 0.5) is 11.4 Å². The maximum atomic E-state index is 12.6. The average Bonchev–Trinajstić information content (AvgIpc) is 2.66. The first kappa shape index (κ1) is 18.8. The summed E-state index contributed by atoms with van der Waals surface area (Å²) >= 11 is 11.8. The maximum absolute atomic E-state index is 12.6. The van der Waals surface area contributed by atoms with Gasteiger partial charge in [-0.15, -0.1) is 0 Å². The molecule has 0 fully saturated rings. The minimum absolute atomic E-state index is 0.0510. The monoisotopic (exact) mass is 414 g/mol. The third-order valence-electron chi connectivity index (χ3n) is 3.87. The number of sulfonamides is 1. The molecule has 0 aromatic heterocycles. The van der Waals surface area contributed by atoms with Crippen molar-refractivity contribution in [3.63, 3.8) is 0 Å². The first-order chi connectivity index (χ1) is 12.1. The smallest absolute Gasteiger partial charge is 0.263 e. The molecule has 3 rings (SSSR count). The number of anilines is 2. The van der Waals surface area contributed by atoms with Crippen molar-refractivity contribution in [3.05, 3.63) is 46.4 Å². The van der Waals surface area contributed by atoms with E-state index in [0.717, 1.165) is 0 Å². The molecule has 2 N–H and O–H groups in total. The van der Waals surface area contributed by atoms with Gasteiger partial charge in [0.2, 0.25) is 5.91 Å². The molecule has 9 heteroatoms. The third kappa shape index (κ3) is 3.75. The van der Waals surface area contributed by atoms with Gasteiger partial charge in [-0.3, -0.25) is 9.52 Å². The number of benzene rings is 2. The van der Waals surface area contributed by atoms with Crippen LogP contribution in [0, 0.1) is 5.41 Å². The van der Waals surface area contributed by atoms with Gasteiger partial charge in [-0.05, 0) is 50.2 Å². The number of carbonyl (C=O) groups is 1. The predicted octanol–water partition coefficient (Wildman–Crippen LogP) is 4.15. The minimum Gasteiger partial charge on any atom is -0.490 e. The zero-order valence-corrected chi connectivity index (χ0v) is 16.3. The number of halogens is 2. The fourth-order valence-corrected chi connectivity index (χ4v) is 4.14. The van der Waals surface area contributed by atoms with Crippen LogP contribution in [0.15, 0.2) is 41.3 Å². The van der Waals surface area contributed by atoms with Crippen LogP contribution >= 0.6 is 23.2 Å². The Morgan fingerprint density at radius 3 is 2.62 bits per heavy atom. The van der Waals surface area contributed by atoms with Gasteiger partial charge in [0.1, 0.15) is 17.3 Å². The van der Waals surface area contributed by atoms with E-state index in [1.165, 1.54) is 24.3 Å². The van der Waals surface area contributed by atoms with Gasteiger partial charge < -0.3 is 10.1 Å². The highest BCUT2D eigenvalue weighted by atomic mass is 35.5. The number of carbonyl (C=O) groups excluding carboxylic acids is 1. The van der Waals surface area contributed by atoms with Crippen LogP contribution in [-0.4, -0.2) is 20.9 Å². The van der Waals surface area contributed by atoms with Gasteiger partial charge in [-0.2, -0.15) is 0 Å². The van der Waals surface area contributed by atoms with Crippen molar-refractivity contribution in [1.82, 2.24) is 0 Å². The lowest BCUT2D eigenvalue weighted by Crippen LogP contribution is -2.33. The standard InChI is InChI=1S/C17H16Cl2N2O4S/c1-17(2)9-25-14-6-4-11(8-13(14)20-16(17)22)21-26(23,24)15-7-10(18)3-5-12(15)19/h3-8,21H,9H2,1-2H3,(H,20,22). The lowest BCUT2D eigenvalue weighted by atomic mass is 9.94. The second-order valence-corrected chi connectivity index (χ2v) is 9.01. The Hall–Kier alpha value is -1.96. The SMILES string of the molecule is CC1(C)COc2ccc(NS(=O)(=O)c3cc(Cl)ccc3Cl)cc2NC1=O. The van der Waals surface area contributed by atoms with Crippen molar-refractivity contribution in [3.8, 4) is 5.75 Å². The van der Waals surface area contributed by atoms with Crippen LogP contribution in [0.1, 0.15) is 13.8 Å². The van der Waals surface area contributed by atoms with E-state index in [4.69, 9.17) is 27.9 Å². The Labute approximate surface area is 161 Å². The zero-order valence-electron chi connectivity index (χ0n) is 14.0. The highest BCUT2D eigenvalue weighted by Gasteiger charge is 2.32. The first-order valence-electron chi connectivity index (χ1n) is 7.65. The summed E-state index contributed by atoms with van der Waals surface area (Å²) in [6.45, 7) is 3.74. The Balaban J connectivity index is 1.93. The third-order valence-corrected chi connectivity index (χ3v) is 5.96. The number of hydrogen-bond acceptors (Lipinski definition) is 4. The summed E-state index contributed by atoms with van der Waals surface area (Å²) in [5.74, 6) is 0.252. The molecule has 1 aliphatic rings. The van der Waals surface area contributed by atoms with E-state index < -0.39 is 15.4 Å². The first-order valence-corrected chi connectivity index (χ1v) is 9.89. The quantitative estimate of drug-likeness (QED) is 0.789. The summed E-state index contributed by atoms with van der Waals surface area (Å²) < 4.78 is 33.3. The van der Waals surface area contributed by atoms with Crippen LogP contribution < -0.4 is 14.8 Å². The molecular weight excluding hydrogens is 399 g/mol. The van der Waals surface area contributed by atoms with Crippen molar-refractivity contribution in [2.24, 2.45) is 5.41 Å². The van der Waals surface area contributed by atoms with E-state index >= 15 is 0 Å². The van der Waals surface area contributed by atoms with E-state index in [-0.39, 0.29) is 33.1 Å². The van der Waals surface area contributed by atoms with Crippen LogP contribution in [-0.2, 0) is 14.8 Å². The van der Waals surface area contributed by atoms with Crippen molar-refractivity contribution in [2.45, 2.75) is 18.7 Å². The van der Waals surface area contributed by atoms with Crippen molar-refractivity contribution in [1.29, 1.82) is 0 Å².